The van der Waals surface area contributed by atoms with Crippen LogP contribution in [0, 0.1) is 0 Å². The normalized spacial score (nSPS) is 12.5. The second kappa shape index (κ2) is 5.38. The fourth-order valence-electron chi connectivity index (χ4n) is 0.727. The van der Waals surface area contributed by atoms with E-state index in [4.69, 9.17) is 4.74 Å². The molecule has 0 radical (unpaired) electrons. The molecule has 0 unspecified atom stereocenters. The Kier molecular flexibility index (Phi) is 4.84. The van der Waals surface area contributed by atoms with Crippen LogP contribution < -0.4 is 5.32 Å². The molecule has 0 aliphatic carbocycles. The Balaban J connectivity index is 4.07. The van der Waals surface area contributed by atoms with Gasteiger partial charge in [-0.05, 0) is 27.7 Å². The van der Waals surface area contributed by atoms with Crippen molar-refractivity contribution in [3.05, 3.63) is 12.8 Å². The van der Waals surface area contributed by atoms with Crippen LogP contribution in [0.15, 0.2) is 12.8 Å². The van der Waals surface area contributed by atoms with Gasteiger partial charge in [-0.15, -0.1) is 0 Å². The number of rotatable bonds is 3. The Labute approximate surface area is 89.4 Å². The van der Waals surface area contributed by atoms with E-state index in [-0.39, 0.29) is 0 Å². The molecule has 1 atom stereocenters. The predicted octanol–water partition coefficient (Wildman–Crippen LogP) is 1.59. The molecule has 0 heterocycles. The molecule has 0 aromatic heterocycles. The van der Waals surface area contributed by atoms with Crippen LogP contribution in [-0.2, 0) is 14.3 Å². The second-order valence-corrected chi connectivity index (χ2v) is 3.97. The van der Waals surface area contributed by atoms with Crippen molar-refractivity contribution < 1.29 is 19.1 Å². The number of alkyl carbamates (subject to hydrolysis) is 1. The minimum atomic E-state index is -0.766. The van der Waals surface area contributed by atoms with Crippen LogP contribution in [0.4, 0.5) is 4.79 Å². The molecule has 1 amide bonds. The minimum Gasteiger partial charge on any atom is -0.444 e. The largest absolute Gasteiger partial charge is 0.444 e. The maximum absolute atomic E-state index is 11.2. The van der Waals surface area contributed by atoms with Gasteiger partial charge in [0, 0.05) is 0 Å². The molecule has 0 aromatic carbocycles. The molecule has 15 heavy (non-hydrogen) atoms. The van der Waals surface area contributed by atoms with E-state index in [2.05, 4.69) is 16.6 Å². The zero-order valence-corrected chi connectivity index (χ0v) is 9.49. The van der Waals surface area contributed by atoms with E-state index in [1.165, 1.54) is 6.92 Å². The zero-order valence-electron chi connectivity index (χ0n) is 9.49. The van der Waals surface area contributed by atoms with Crippen molar-refractivity contribution in [3.63, 3.8) is 0 Å². The van der Waals surface area contributed by atoms with Gasteiger partial charge >= 0.3 is 12.1 Å². The molecule has 0 saturated heterocycles. The number of amides is 1. The molecule has 5 heteroatoms. The number of carbonyl (C=O) groups is 2. The van der Waals surface area contributed by atoms with E-state index in [0.29, 0.717) is 0 Å². The lowest BCUT2D eigenvalue weighted by Crippen LogP contribution is -2.42. The number of hydrogen-bond donors (Lipinski definition) is 1. The van der Waals surface area contributed by atoms with Crippen molar-refractivity contribution in [1.82, 2.24) is 5.32 Å². The van der Waals surface area contributed by atoms with Gasteiger partial charge in [0.05, 0.1) is 6.26 Å². The van der Waals surface area contributed by atoms with E-state index < -0.39 is 23.7 Å². The maximum atomic E-state index is 11.2. The van der Waals surface area contributed by atoms with Crippen molar-refractivity contribution in [2.45, 2.75) is 39.3 Å². The molecule has 86 valence electrons. The van der Waals surface area contributed by atoms with Crippen LogP contribution in [0.25, 0.3) is 0 Å². The van der Waals surface area contributed by atoms with Gasteiger partial charge < -0.3 is 14.8 Å². The molecule has 0 saturated carbocycles. The third kappa shape index (κ3) is 6.54. The van der Waals surface area contributed by atoms with E-state index in [9.17, 15) is 9.59 Å². The van der Waals surface area contributed by atoms with Gasteiger partial charge in [-0.3, -0.25) is 0 Å². The predicted molar refractivity (Wildman–Crippen MR) is 55.1 cm³/mol. The highest BCUT2D eigenvalue weighted by Gasteiger charge is 2.21. The third-order valence-corrected chi connectivity index (χ3v) is 1.29. The monoisotopic (exact) mass is 215 g/mol. The number of hydrogen-bond acceptors (Lipinski definition) is 4. The number of carbonyl (C=O) groups excluding carboxylic acids is 2. The molecule has 0 aliphatic rings. The summed E-state index contributed by atoms with van der Waals surface area (Å²) >= 11 is 0. The summed E-state index contributed by atoms with van der Waals surface area (Å²) in [5.41, 5.74) is -0.591. The Bertz CT molecular complexity index is 255. The SMILES string of the molecule is C=COC(=O)[C@H](C)NC(=O)OC(C)(C)C. The van der Waals surface area contributed by atoms with Crippen LogP contribution in [-0.4, -0.2) is 23.7 Å². The average Bonchev–Trinajstić information content (AvgIpc) is 2.00. The van der Waals surface area contributed by atoms with Gasteiger partial charge in [0.15, 0.2) is 0 Å². The fraction of sp³-hybridized carbons (Fsp3) is 0.600. The highest BCUT2D eigenvalue weighted by molar-refractivity contribution is 5.81. The topological polar surface area (TPSA) is 64.6 Å². The van der Waals surface area contributed by atoms with E-state index in [1.54, 1.807) is 20.8 Å². The summed E-state index contributed by atoms with van der Waals surface area (Å²) in [5.74, 6) is -0.587. The van der Waals surface area contributed by atoms with Crippen LogP contribution in [0.3, 0.4) is 0 Å². The van der Waals surface area contributed by atoms with Gasteiger partial charge in [0.2, 0.25) is 0 Å². The van der Waals surface area contributed by atoms with Gasteiger partial charge in [0.25, 0.3) is 0 Å². The maximum Gasteiger partial charge on any atom is 0.408 e. The Morgan fingerprint density at radius 1 is 1.40 bits per heavy atom. The zero-order chi connectivity index (χ0) is 12.1. The standard InChI is InChI=1S/C10H17NO4/c1-6-14-8(12)7(2)11-9(13)15-10(3,4)5/h6-7H,1H2,2-5H3,(H,11,13)/t7-/m0/s1. The fourth-order valence-corrected chi connectivity index (χ4v) is 0.727. The quantitative estimate of drug-likeness (QED) is 0.573. The molecule has 0 aromatic rings. The van der Waals surface area contributed by atoms with Gasteiger partial charge in [-0.2, -0.15) is 0 Å². The summed E-state index contributed by atoms with van der Waals surface area (Å²) in [5, 5.41) is 2.34. The van der Waals surface area contributed by atoms with Crippen LogP contribution in [0.5, 0.6) is 0 Å². The third-order valence-electron chi connectivity index (χ3n) is 1.29. The van der Waals surface area contributed by atoms with Crippen LogP contribution >= 0.6 is 0 Å². The highest BCUT2D eigenvalue weighted by atomic mass is 16.6. The Morgan fingerprint density at radius 2 is 1.93 bits per heavy atom. The van der Waals surface area contributed by atoms with Crippen LogP contribution in [0.1, 0.15) is 27.7 Å². The van der Waals surface area contributed by atoms with Crippen molar-refractivity contribution in [2.75, 3.05) is 0 Å². The average molecular weight is 215 g/mol. The van der Waals surface area contributed by atoms with Gasteiger partial charge in [-0.25, -0.2) is 9.59 Å². The Hall–Kier alpha value is -1.52. The molecular formula is C10H17NO4. The van der Waals surface area contributed by atoms with Crippen molar-refractivity contribution >= 4 is 12.1 Å². The summed E-state index contributed by atoms with van der Waals surface area (Å²) < 4.78 is 9.44. The number of esters is 1. The summed E-state index contributed by atoms with van der Waals surface area (Å²) in [6.07, 6.45) is 0.353. The summed E-state index contributed by atoms with van der Waals surface area (Å²) in [4.78, 5) is 22.3. The van der Waals surface area contributed by atoms with Gasteiger partial charge in [0.1, 0.15) is 11.6 Å². The lowest BCUT2D eigenvalue weighted by atomic mass is 10.2. The molecule has 0 fully saturated rings. The lowest BCUT2D eigenvalue weighted by Gasteiger charge is -2.21. The smallest absolute Gasteiger partial charge is 0.408 e. The highest BCUT2D eigenvalue weighted by Crippen LogP contribution is 2.06. The first-order valence-corrected chi connectivity index (χ1v) is 4.57. The van der Waals surface area contributed by atoms with Gasteiger partial charge in [-0.1, -0.05) is 6.58 Å². The molecule has 0 aliphatic heterocycles. The second-order valence-electron chi connectivity index (χ2n) is 3.97. The molecular weight excluding hydrogens is 198 g/mol. The van der Waals surface area contributed by atoms with E-state index in [1.807, 2.05) is 0 Å². The molecule has 0 bridgehead atoms. The molecule has 0 spiro atoms. The summed E-state index contributed by atoms with van der Waals surface area (Å²) in [6.45, 7) is 9.94. The number of ether oxygens (including phenoxy) is 2. The molecule has 0 rings (SSSR count). The number of nitrogens with one attached hydrogen (secondary N) is 1. The van der Waals surface area contributed by atoms with Crippen molar-refractivity contribution in [1.29, 1.82) is 0 Å². The van der Waals surface area contributed by atoms with Crippen LogP contribution in [0.2, 0.25) is 0 Å². The Morgan fingerprint density at radius 3 is 2.33 bits per heavy atom. The van der Waals surface area contributed by atoms with E-state index >= 15 is 0 Å². The van der Waals surface area contributed by atoms with E-state index in [0.717, 1.165) is 6.26 Å². The lowest BCUT2D eigenvalue weighted by molar-refractivity contribution is -0.139. The first-order chi connectivity index (χ1) is 6.76. The molecule has 1 N–H and O–H groups in total. The van der Waals surface area contributed by atoms with Crippen molar-refractivity contribution in [2.24, 2.45) is 0 Å². The summed E-state index contributed by atoms with van der Waals surface area (Å²) in [6, 6.07) is -0.766. The summed E-state index contributed by atoms with van der Waals surface area (Å²) in [7, 11) is 0. The minimum absolute atomic E-state index is 0.587. The van der Waals surface area contributed by atoms with Crippen molar-refractivity contribution in [3.8, 4) is 0 Å². The first-order valence-electron chi connectivity index (χ1n) is 4.57. The first kappa shape index (κ1) is 13.5. The molecule has 5 nitrogen and oxygen atoms in total.